The molecule has 0 aliphatic rings. The molecule has 0 aromatic heterocycles. The Balaban J connectivity index is 2.34. The van der Waals surface area contributed by atoms with Crippen LogP contribution in [0.15, 0.2) is 46.7 Å². The fraction of sp³-hybridized carbons (Fsp3) is 0.318. The molecule has 178 valence electrons. The molecule has 0 radical (unpaired) electrons. The van der Waals surface area contributed by atoms with Crippen LogP contribution < -0.4 is 9.47 Å². The third-order valence-electron chi connectivity index (χ3n) is 4.48. The maximum absolute atomic E-state index is 14.1. The number of oxime groups is 2. The Morgan fingerprint density at radius 2 is 1.82 bits per heavy atom. The van der Waals surface area contributed by atoms with E-state index in [0.717, 1.165) is 5.56 Å². The van der Waals surface area contributed by atoms with Gasteiger partial charge >= 0.3 is 5.97 Å². The van der Waals surface area contributed by atoms with Crippen LogP contribution in [0.25, 0.3) is 0 Å². The van der Waals surface area contributed by atoms with Gasteiger partial charge in [-0.2, -0.15) is 4.39 Å². The highest BCUT2D eigenvalue weighted by Crippen LogP contribution is 2.35. The zero-order valence-electron chi connectivity index (χ0n) is 19.0. The lowest BCUT2D eigenvalue weighted by atomic mass is 9.99. The number of nitrogens with zero attached hydrogens (tertiary/aromatic N) is 2. The number of aryl methyl sites for hydroxylation is 1. The molecule has 0 saturated heterocycles. The van der Waals surface area contributed by atoms with Crippen molar-refractivity contribution in [2.75, 3.05) is 21.3 Å². The van der Waals surface area contributed by atoms with Gasteiger partial charge in [-0.1, -0.05) is 28.5 Å². The van der Waals surface area contributed by atoms with Crippen LogP contribution >= 0.6 is 18.5 Å². The van der Waals surface area contributed by atoms with E-state index in [1.807, 2.05) is 31.5 Å². The summed E-state index contributed by atoms with van der Waals surface area (Å²) in [5, 5.41) is 5.90. The first kappa shape index (κ1) is 26.5. The summed E-state index contributed by atoms with van der Waals surface area (Å²) < 4.78 is 29.4. The number of carbonyl (C=O) groups is 1. The summed E-state index contributed by atoms with van der Waals surface area (Å²) in [5.41, 5.74) is 3.01. The van der Waals surface area contributed by atoms with E-state index in [-0.39, 0.29) is 18.1 Å². The summed E-state index contributed by atoms with van der Waals surface area (Å²) in [6.07, 6.45) is 0. The standard InChI is InChI=1S/C22H27FN2O6P2/c1-13-7-6-8-17(20(25-29-5)21(26)28-4)18(13)12-30-24-14(2)16-10-9-15(27-3)11-19(16)31-22(23,32)33/h6-11H,12,32-33H2,1-5H3/b24-14+,25-20+. The molecule has 2 atom stereocenters. The summed E-state index contributed by atoms with van der Waals surface area (Å²) in [6, 6.07) is 10.3. The number of carbonyl (C=O) groups excluding carboxylic acids is 1. The number of hydrogen-bond donors (Lipinski definition) is 0. The monoisotopic (exact) mass is 496 g/mol. The van der Waals surface area contributed by atoms with Crippen molar-refractivity contribution in [3.8, 4) is 11.5 Å². The highest BCUT2D eigenvalue weighted by Gasteiger charge is 2.22. The molecule has 0 aliphatic heterocycles. The molecule has 0 amide bonds. The normalized spacial score (nSPS) is 12.2. The van der Waals surface area contributed by atoms with Crippen LogP contribution in [0.2, 0.25) is 0 Å². The number of esters is 1. The van der Waals surface area contributed by atoms with E-state index in [1.54, 1.807) is 37.3 Å². The molecular formula is C22H27FN2O6P2. The Bertz CT molecular complexity index is 1050. The molecule has 0 saturated carbocycles. The highest BCUT2D eigenvalue weighted by atomic mass is 31.1. The lowest BCUT2D eigenvalue weighted by molar-refractivity contribution is -0.132. The molecule has 2 aromatic carbocycles. The van der Waals surface area contributed by atoms with E-state index < -0.39 is 11.3 Å². The number of methoxy groups -OCH3 is 2. The van der Waals surface area contributed by atoms with Crippen LogP contribution in [0, 0.1) is 6.92 Å². The molecule has 0 bridgehead atoms. The quantitative estimate of drug-likeness (QED) is 0.212. The molecule has 0 aliphatic carbocycles. The first-order valence-corrected chi connectivity index (χ1v) is 10.9. The van der Waals surface area contributed by atoms with Gasteiger partial charge in [0.1, 0.15) is 25.2 Å². The fourth-order valence-electron chi connectivity index (χ4n) is 2.92. The Morgan fingerprint density at radius 3 is 2.42 bits per heavy atom. The molecule has 2 rings (SSSR count). The first-order chi connectivity index (χ1) is 15.6. The maximum Gasteiger partial charge on any atom is 0.360 e. The Kier molecular flexibility index (Phi) is 9.56. The van der Waals surface area contributed by atoms with Crippen molar-refractivity contribution in [3.63, 3.8) is 0 Å². The van der Waals surface area contributed by atoms with Gasteiger partial charge in [0.25, 0.3) is 5.34 Å². The van der Waals surface area contributed by atoms with Crippen molar-refractivity contribution in [1.29, 1.82) is 0 Å². The number of alkyl halides is 1. The number of halogens is 1. The minimum Gasteiger partial charge on any atom is -0.497 e. The lowest BCUT2D eigenvalue weighted by Gasteiger charge is -2.20. The smallest absolute Gasteiger partial charge is 0.360 e. The van der Waals surface area contributed by atoms with Gasteiger partial charge in [-0.05, 0) is 50.0 Å². The Labute approximate surface area is 196 Å². The number of rotatable bonds is 10. The summed E-state index contributed by atoms with van der Waals surface area (Å²) in [4.78, 5) is 22.6. The van der Waals surface area contributed by atoms with E-state index in [4.69, 9.17) is 23.9 Å². The number of benzene rings is 2. The van der Waals surface area contributed by atoms with Gasteiger partial charge in [0, 0.05) is 22.8 Å². The van der Waals surface area contributed by atoms with Crippen molar-refractivity contribution in [2.45, 2.75) is 25.8 Å². The number of ether oxygens (including phenoxy) is 3. The van der Waals surface area contributed by atoms with Crippen LogP contribution in [-0.2, 0) is 25.8 Å². The minimum atomic E-state index is -2.07. The van der Waals surface area contributed by atoms with Gasteiger partial charge in [-0.3, -0.25) is 0 Å². The summed E-state index contributed by atoms with van der Waals surface area (Å²) >= 11 is 0. The van der Waals surface area contributed by atoms with E-state index in [2.05, 4.69) is 10.3 Å². The van der Waals surface area contributed by atoms with Crippen molar-refractivity contribution < 1.29 is 33.1 Å². The lowest BCUT2D eigenvalue weighted by Crippen LogP contribution is -2.20. The second-order valence-electron chi connectivity index (χ2n) is 6.83. The fourth-order valence-corrected chi connectivity index (χ4v) is 3.18. The van der Waals surface area contributed by atoms with Gasteiger partial charge in [0.05, 0.1) is 19.9 Å². The topological polar surface area (TPSA) is 87.9 Å². The summed E-state index contributed by atoms with van der Waals surface area (Å²) in [5.74, 6) is 0.0792. The molecule has 11 heteroatoms. The maximum atomic E-state index is 14.1. The third kappa shape index (κ3) is 7.37. The largest absolute Gasteiger partial charge is 0.497 e. The highest BCUT2D eigenvalue weighted by molar-refractivity contribution is 7.38. The van der Waals surface area contributed by atoms with Gasteiger partial charge in [0.2, 0.25) is 0 Å². The molecule has 0 heterocycles. The second kappa shape index (κ2) is 11.9. The molecule has 2 aromatic rings. The summed E-state index contributed by atoms with van der Waals surface area (Å²) in [6.45, 7) is 3.60. The number of hydrogen-bond acceptors (Lipinski definition) is 8. The van der Waals surface area contributed by atoms with Crippen molar-refractivity contribution >= 4 is 35.9 Å². The predicted octanol–water partition coefficient (Wildman–Crippen LogP) is 4.18. The average Bonchev–Trinajstić information content (AvgIpc) is 2.76. The minimum absolute atomic E-state index is 0.00835. The zero-order chi connectivity index (χ0) is 24.6. The average molecular weight is 496 g/mol. The molecule has 33 heavy (non-hydrogen) atoms. The molecule has 2 unspecified atom stereocenters. The van der Waals surface area contributed by atoms with E-state index >= 15 is 0 Å². The molecular weight excluding hydrogens is 469 g/mol. The molecule has 0 N–H and O–H groups in total. The SMILES string of the molecule is CO/N=C(/C(=O)OC)c1cccc(C)c1CO/N=C(\C)c1ccc(OC)cc1OC(F)(P)P. The van der Waals surface area contributed by atoms with Gasteiger partial charge < -0.3 is 23.9 Å². The van der Waals surface area contributed by atoms with E-state index in [1.165, 1.54) is 21.3 Å². The van der Waals surface area contributed by atoms with Crippen molar-refractivity contribution in [3.05, 3.63) is 58.7 Å². The van der Waals surface area contributed by atoms with Crippen molar-refractivity contribution in [1.82, 2.24) is 0 Å². The molecule has 8 nitrogen and oxygen atoms in total. The zero-order valence-corrected chi connectivity index (χ0v) is 21.4. The van der Waals surface area contributed by atoms with E-state index in [9.17, 15) is 9.18 Å². The van der Waals surface area contributed by atoms with Gasteiger partial charge in [0.15, 0.2) is 5.71 Å². The van der Waals surface area contributed by atoms with Crippen LogP contribution in [0.5, 0.6) is 11.5 Å². The first-order valence-electron chi connectivity index (χ1n) is 9.70. The van der Waals surface area contributed by atoms with E-state index in [0.29, 0.717) is 28.2 Å². The van der Waals surface area contributed by atoms with Crippen LogP contribution in [-0.4, -0.2) is 44.1 Å². The van der Waals surface area contributed by atoms with Crippen LogP contribution in [0.4, 0.5) is 4.39 Å². The Morgan fingerprint density at radius 1 is 1.09 bits per heavy atom. The van der Waals surface area contributed by atoms with Gasteiger partial charge in [-0.15, -0.1) is 0 Å². The molecule has 0 spiro atoms. The predicted molar refractivity (Wildman–Crippen MR) is 131 cm³/mol. The Hall–Kier alpha value is -2.76. The third-order valence-corrected chi connectivity index (χ3v) is 4.72. The molecule has 0 fully saturated rings. The summed E-state index contributed by atoms with van der Waals surface area (Å²) in [7, 11) is 7.99. The van der Waals surface area contributed by atoms with Crippen molar-refractivity contribution in [2.24, 2.45) is 10.3 Å². The van der Waals surface area contributed by atoms with Crippen LogP contribution in [0.1, 0.15) is 29.2 Å². The van der Waals surface area contributed by atoms with Gasteiger partial charge in [-0.25, -0.2) is 4.79 Å². The van der Waals surface area contributed by atoms with Crippen LogP contribution in [0.3, 0.4) is 0 Å². The second-order valence-corrected chi connectivity index (χ2v) is 9.07.